The second-order valence-electron chi connectivity index (χ2n) is 11.2. The molecule has 1 saturated heterocycles. The van der Waals surface area contributed by atoms with Gasteiger partial charge in [0.1, 0.15) is 22.8 Å². The van der Waals surface area contributed by atoms with Crippen LogP contribution in [0.25, 0.3) is 11.1 Å². The van der Waals surface area contributed by atoms with Crippen LogP contribution in [0.5, 0.6) is 5.75 Å². The zero-order chi connectivity index (χ0) is 28.3. The van der Waals surface area contributed by atoms with Gasteiger partial charge in [0, 0.05) is 31.6 Å². The molecule has 0 aromatic heterocycles. The van der Waals surface area contributed by atoms with Gasteiger partial charge in [-0.25, -0.2) is 0 Å². The Hall–Kier alpha value is -3.70. The first kappa shape index (κ1) is 26.5. The van der Waals surface area contributed by atoms with Crippen LogP contribution in [-0.4, -0.2) is 74.2 Å². The molecule has 2 aromatic rings. The molecule has 210 valence electrons. The topological polar surface area (TPSA) is 174 Å². The number of carbonyl (C=O) groups excluding carboxylic acids is 2. The molecule has 3 atom stereocenters. The number of ether oxygens (including phenoxy) is 1. The second-order valence-corrected chi connectivity index (χ2v) is 11.2. The van der Waals surface area contributed by atoms with Crippen LogP contribution >= 0.6 is 0 Å². The fourth-order valence-electron chi connectivity index (χ4n) is 7.03. The second kappa shape index (κ2) is 9.74. The number of phenols is 1. The van der Waals surface area contributed by atoms with Gasteiger partial charge in [-0.3, -0.25) is 14.5 Å². The first-order valence-electron chi connectivity index (χ1n) is 13.5. The summed E-state index contributed by atoms with van der Waals surface area (Å²) >= 11 is 0. The van der Waals surface area contributed by atoms with Crippen molar-refractivity contribution >= 4 is 11.7 Å². The van der Waals surface area contributed by atoms with Gasteiger partial charge in [-0.15, -0.1) is 0 Å². The predicted octanol–water partition coefficient (Wildman–Crippen LogP) is 2.08. The first-order chi connectivity index (χ1) is 19.1. The lowest BCUT2D eigenvalue weighted by Gasteiger charge is -2.46. The summed E-state index contributed by atoms with van der Waals surface area (Å²) in [5.74, 6) is -8.64. The maximum Gasteiger partial charge on any atom is 0.253 e. The average Bonchev–Trinajstić information content (AvgIpc) is 2.89. The Morgan fingerprint density at radius 3 is 2.40 bits per heavy atom. The fraction of sp³-hybridized carbons (Fsp3) is 0.400. The number of Topliss-reactive ketones (excluding diaryl/α,β-unsaturated/α-hetero) is 1. The van der Waals surface area contributed by atoms with Crippen molar-refractivity contribution in [1.82, 2.24) is 4.90 Å². The molecule has 40 heavy (non-hydrogen) atoms. The molecule has 0 spiro atoms. The SMILES string of the molecule is NC(=O)C1=C(O)C[C@@H]2C[C@@H]3Cc4c(-c5ccc(CN6CCOCC6)cc5)ccc(O)c4C(=O)C3=C(O)C2C1(O)O. The van der Waals surface area contributed by atoms with E-state index in [4.69, 9.17) is 10.5 Å². The van der Waals surface area contributed by atoms with Gasteiger partial charge in [0.25, 0.3) is 5.91 Å². The number of hydrogen-bond acceptors (Lipinski definition) is 9. The van der Waals surface area contributed by atoms with E-state index >= 15 is 0 Å². The van der Waals surface area contributed by atoms with Crippen molar-refractivity contribution in [1.29, 1.82) is 0 Å². The van der Waals surface area contributed by atoms with E-state index in [1.807, 2.05) is 24.3 Å². The fourth-order valence-corrected chi connectivity index (χ4v) is 7.03. The maximum absolute atomic E-state index is 13.8. The number of morpholine rings is 1. The number of nitrogens with zero attached hydrogens (tertiary/aromatic N) is 1. The van der Waals surface area contributed by atoms with Crippen LogP contribution in [0.1, 0.15) is 34.3 Å². The van der Waals surface area contributed by atoms with Crippen molar-refractivity contribution in [2.45, 2.75) is 31.6 Å². The minimum absolute atomic E-state index is 0.0141. The number of rotatable bonds is 4. The van der Waals surface area contributed by atoms with Crippen molar-refractivity contribution in [3.8, 4) is 16.9 Å². The van der Waals surface area contributed by atoms with Crippen LogP contribution in [0.15, 0.2) is 59.1 Å². The van der Waals surface area contributed by atoms with Crippen LogP contribution < -0.4 is 5.73 Å². The number of amides is 1. The van der Waals surface area contributed by atoms with Crippen LogP contribution in [0.2, 0.25) is 0 Å². The van der Waals surface area contributed by atoms with Gasteiger partial charge < -0.3 is 36.0 Å². The van der Waals surface area contributed by atoms with E-state index in [1.165, 1.54) is 6.07 Å². The Morgan fingerprint density at radius 1 is 1.02 bits per heavy atom. The van der Waals surface area contributed by atoms with Crippen molar-refractivity contribution in [2.24, 2.45) is 23.5 Å². The van der Waals surface area contributed by atoms with E-state index in [1.54, 1.807) is 6.07 Å². The van der Waals surface area contributed by atoms with Gasteiger partial charge in [0.2, 0.25) is 5.79 Å². The summed E-state index contributed by atoms with van der Waals surface area (Å²) in [6.07, 6.45) is 0.472. The predicted molar refractivity (Wildman–Crippen MR) is 143 cm³/mol. The summed E-state index contributed by atoms with van der Waals surface area (Å²) in [7, 11) is 0. The maximum atomic E-state index is 13.8. The molecule has 6 rings (SSSR count). The number of phenolic OH excluding ortho intramolecular Hbond substituents is 1. The number of benzene rings is 2. The summed E-state index contributed by atoms with van der Waals surface area (Å²) in [4.78, 5) is 28.0. The number of aliphatic hydroxyl groups is 4. The average molecular weight is 549 g/mol. The van der Waals surface area contributed by atoms with Crippen molar-refractivity contribution in [2.75, 3.05) is 26.3 Å². The molecular formula is C30H32N2O8. The van der Waals surface area contributed by atoms with E-state index in [0.29, 0.717) is 12.0 Å². The number of ketones is 1. The number of aliphatic hydroxyl groups excluding tert-OH is 2. The van der Waals surface area contributed by atoms with E-state index in [-0.39, 0.29) is 29.7 Å². The largest absolute Gasteiger partial charge is 0.512 e. The highest BCUT2D eigenvalue weighted by atomic mass is 16.5. The molecule has 1 unspecified atom stereocenters. The van der Waals surface area contributed by atoms with Gasteiger partial charge in [-0.1, -0.05) is 30.3 Å². The molecule has 0 saturated carbocycles. The van der Waals surface area contributed by atoms with Crippen LogP contribution in [-0.2, 0) is 22.5 Å². The molecule has 2 aromatic carbocycles. The molecule has 0 radical (unpaired) electrons. The smallest absolute Gasteiger partial charge is 0.253 e. The summed E-state index contributed by atoms with van der Waals surface area (Å²) in [5.41, 5.74) is 8.03. The molecule has 4 aliphatic rings. The molecule has 7 N–H and O–H groups in total. The van der Waals surface area contributed by atoms with E-state index < -0.39 is 52.3 Å². The number of hydrogen-bond donors (Lipinski definition) is 6. The number of carbonyl (C=O) groups is 2. The third kappa shape index (κ3) is 4.19. The van der Waals surface area contributed by atoms with E-state index in [0.717, 1.165) is 49.5 Å². The Morgan fingerprint density at radius 2 is 1.73 bits per heavy atom. The molecule has 10 heteroatoms. The number of allylic oxidation sites excluding steroid dienone is 2. The summed E-state index contributed by atoms with van der Waals surface area (Å²) in [6.45, 7) is 4.02. The third-order valence-electron chi connectivity index (χ3n) is 8.82. The number of nitrogens with two attached hydrogens (primary N) is 1. The number of fused-ring (bicyclic) bond motifs is 3. The molecule has 1 fully saturated rings. The molecule has 1 amide bonds. The van der Waals surface area contributed by atoms with Gasteiger partial charge in [0.15, 0.2) is 5.78 Å². The molecule has 1 aliphatic heterocycles. The quantitative estimate of drug-likeness (QED) is 0.313. The van der Waals surface area contributed by atoms with Crippen molar-refractivity contribution in [3.63, 3.8) is 0 Å². The van der Waals surface area contributed by atoms with Crippen LogP contribution in [0, 0.1) is 17.8 Å². The normalized spacial score (nSPS) is 26.2. The summed E-state index contributed by atoms with van der Waals surface area (Å²) in [6, 6.07) is 11.3. The van der Waals surface area contributed by atoms with Gasteiger partial charge >= 0.3 is 0 Å². The van der Waals surface area contributed by atoms with Crippen LogP contribution in [0.3, 0.4) is 0 Å². The highest BCUT2D eigenvalue weighted by molar-refractivity contribution is 6.14. The highest BCUT2D eigenvalue weighted by Gasteiger charge is 2.57. The first-order valence-corrected chi connectivity index (χ1v) is 13.5. The molecular weight excluding hydrogens is 516 g/mol. The minimum Gasteiger partial charge on any atom is -0.512 e. The monoisotopic (exact) mass is 548 g/mol. The van der Waals surface area contributed by atoms with Gasteiger partial charge in [-0.2, -0.15) is 0 Å². The van der Waals surface area contributed by atoms with Crippen molar-refractivity contribution < 1.29 is 39.9 Å². The Balaban J connectivity index is 1.36. The van der Waals surface area contributed by atoms with Crippen molar-refractivity contribution in [3.05, 3.63) is 75.8 Å². The zero-order valence-corrected chi connectivity index (χ0v) is 21.8. The Bertz CT molecular complexity index is 1450. The lowest BCUT2D eigenvalue weighted by atomic mass is 9.60. The van der Waals surface area contributed by atoms with Crippen LogP contribution in [0.4, 0.5) is 0 Å². The Labute approximate surface area is 230 Å². The number of aromatic hydroxyl groups is 1. The van der Waals surface area contributed by atoms with E-state index in [2.05, 4.69) is 4.90 Å². The number of primary amides is 1. The highest BCUT2D eigenvalue weighted by Crippen LogP contribution is 2.53. The molecule has 3 aliphatic carbocycles. The molecule has 1 heterocycles. The molecule has 0 bridgehead atoms. The van der Waals surface area contributed by atoms with E-state index in [9.17, 15) is 35.1 Å². The standard InChI is InChI=1S/C30H32N2O8/c31-29(37)26-22(34)13-18-11-17-12-20-19(16-3-1-15(2-4-16)14-32-7-9-40-10-8-32)5-6-21(33)24(20)27(35)23(17)28(36)25(18)30(26,38)39/h1-6,17-18,25,33-34,36,38-39H,7-14H2,(H2,31,37)/t17-,18+,25?/m1/s1. The van der Waals surface area contributed by atoms with Gasteiger partial charge in [0.05, 0.1) is 24.7 Å². The lowest BCUT2D eigenvalue weighted by Crippen LogP contribution is -2.54. The minimum atomic E-state index is -2.95. The third-order valence-corrected chi connectivity index (χ3v) is 8.82. The summed E-state index contributed by atoms with van der Waals surface area (Å²) in [5, 5.41) is 54.1. The van der Waals surface area contributed by atoms with Gasteiger partial charge in [-0.05, 0) is 53.0 Å². The zero-order valence-electron chi connectivity index (χ0n) is 21.8. The lowest BCUT2D eigenvalue weighted by molar-refractivity contribution is -0.194. The molecule has 10 nitrogen and oxygen atoms in total. The Kier molecular flexibility index (Phi) is 6.46. The summed E-state index contributed by atoms with van der Waals surface area (Å²) < 4.78 is 5.42.